The molecule has 1 aromatic carbocycles. The third kappa shape index (κ3) is 6.09. The average Bonchev–Trinajstić information content (AvgIpc) is 2.45. The molecular formula is C17H27ClFN3O. The van der Waals surface area contributed by atoms with E-state index in [1.165, 1.54) is 12.1 Å². The molecule has 2 rings (SSSR count). The van der Waals surface area contributed by atoms with E-state index in [-0.39, 0.29) is 35.6 Å². The van der Waals surface area contributed by atoms with Crippen LogP contribution in [-0.4, -0.2) is 43.0 Å². The summed E-state index contributed by atoms with van der Waals surface area (Å²) in [5.74, 6) is -0.202. The van der Waals surface area contributed by atoms with Gasteiger partial charge in [0.2, 0.25) is 5.91 Å². The van der Waals surface area contributed by atoms with E-state index in [1.54, 1.807) is 12.1 Å². The zero-order chi connectivity index (χ0) is 16.2. The molecule has 1 amide bonds. The van der Waals surface area contributed by atoms with E-state index in [0.717, 1.165) is 25.1 Å². The number of halogens is 2. The maximum atomic E-state index is 12.8. The van der Waals surface area contributed by atoms with Crippen molar-refractivity contribution in [3.63, 3.8) is 0 Å². The number of carbonyl (C=O) groups excluding carboxylic acids is 1. The van der Waals surface area contributed by atoms with E-state index < -0.39 is 0 Å². The van der Waals surface area contributed by atoms with Crippen LogP contribution in [0, 0.1) is 11.2 Å². The predicted octanol–water partition coefficient (Wildman–Crippen LogP) is 1.97. The van der Waals surface area contributed by atoms with Gasteiger partial charge in [-0.1, -0.05) is 26.0 Å². The summed E-state index contributed by atoms with van der Waals surface area (Å²) in [7, 11) is 0. The minimum atomic E-state index is -0.237. The Kier molecular flexibility index (Phi) is 7.45. The van der Waals surface area contributed by atoms with E-state index in [9.17, 15) is 9.18 Å². The molecule has 1 aliphatic rings. The molecule has 0 spiro atoms. The lowest BCUT2D eigenvalue weighted by Gasteiger charge is -2.42. The number of nitrogens with zero attached hydrogens (tertiary/aromatic N) is 1. The number of likely N-dealkylation sites (tertiary alicyclic amines) is 1. The fraction of sp³-hybridized carbons (Fsp3) is 0.588. The molecule has 23 heavy (non-hydrogen) atoms. The third-order valence-corrected chi connectivity index (χ3v) is 4.41. The van der Waals surface area contributed by atoms with Crippen LogP contribution in [-0.2, 0) is 11.2 Å². The molecule has 1 atom stereocenters. The summed E-state index contributed by atoms with van der Waals surface area (Å²) in [4.78, 5) is 14.2. The number of nitrogens with two attached hydrogens (primary N) is 1. The van der Waals surface area contributed by atoms with Gasteiger partial charge in [0.1, 0.15) is 5.82 Å². The Morgan fingerprint density at radius 1 is 1.39 bits per heavy atom. The summed E-state index contributed by atoms with van der Waals surface area (Å²) in [6.45, 7) is 7.00. The van der Waals surface area contributed by atoms with Crippen LogP contribution in [0.2, 0.25) is 0 Å². The first-order valence-electron chi connectivity index (χ1n) is 7.86. The Bertz CT molecular complexity index is 507. The van der Waals surface area contributed by atoms with E-state index in [4.69, 9.17) is 5.73 Å². The van der Waals surface area contributed by atoms with Crippen LogP contribution in [0.15, 0.2) is 24.3 Å². The third-order valence-electron chi connectivity index (χ3n) is 4.41. The van der Waals surface area contributed by atoms with Crippen LogP contribution in [0.3, 0.4) is 0 Å². The lowest BCUT2D eigenvalue weighted by atomic mass is 9.80. The van der Waals surface area contributed by atoms with Crippen LogP contribution < -0.4 is 11.1 Å². The summed E-state index contributed by atoms with van der Waals surface area (Å²) in [6, 6.07) is 6.57. The Balaban J connectivity index is 0.00000264. The molecule has 6 heteroatoms. The highest BCUT2D eigenvalue weighted by molar-refractivity contribution is 5.85. The minimum Gasteiger partial charge on any atom is -0.355 e. The monoisotopic (exact) mass is 343 g/mol. The number of carbonyl (C=O) groups is 1. The van der Waals surface area contributed by atoms with Crippen LogP contribution in [0.5, 0.6) is 0 Å². The van der Waals surface area contributed by atoms with Gasteiger partial charge in [-0.15, -0.1) is 12.4 Å². The summed E-state index contributed by atoms with van der Waals surface area (Å²) in [5.41, 5.74) is 7.18. The maximum absolute atomic E-state index is 12.8. The normalized spacial score (nSPS) is 20.6. The Hall–Kier alpha value is -1.17. The number of rotatable bonds is 5. The first-order valence-corrected chi connectivity index (χ1v) is 7.86. The van der Waals surface area contributed by atoms with Gasteiger partial charge < -0.3 is 11.1 Å². The molecule has 0 radical (unpaired) electrons. The first kappa shape index (κ1) is 19.9. The number of hydrogen-bond acceptors (Lipinski definition) is 3. The van der Waals surface area contributed by atoms with Gasteiger partial charge in [-0.05, 0) is 36.0 Å². The molecule has 130 valence electrons. The zero-order valence-corrected chi connectivity index (χ0v) is 14.7. The Morgan fingerprint density at radius 2 is 2.04 bits per heavy atom. The van der Waals surface area contributed by atoms with Gasteiger partial charge in [-0.25, -0.2) is 4.39 Å². The molecule has 1 fully saturated rings. The van der Waals surface area contributed by atoms with Crippen molar-refractivity contribution >= 4 is 18.3 Å². The van der Waals surface area contributed by atoms with Crippen LogP contribution in [0.4, 0.5) is 4.39 Å². The van der Waals surface area contributed by atoms with Crippen molar-refractivity contribution in [2.75, 3.05) is 26.2 Å². The fourth-order valence-electron chi connectivity index (χ4n) is 2.88. The van der Waals surface area contributed by atoms with Gasteiger partial charge in [-0.2, -0.15) is 0 Å². The van der Waals surface area contributed by atoms with E-state index >= 15 is 0 Å². The van der Waals surface area contributed by atoms with Gasteiger partial charge in [0.05, 0.1) is 6.54 Å². The Morgan fingerprint density at radius 3 is 2.65 bits per heavy atom. The van der Waals surface area contributed by atoms with Crippen molar-refractivity contribution in [2.24, 2.45) is 11.1 Å². The van der Waals surface area contributed by atoms with Crippen LogP contribution >= 0.6 is 12.4 Å². The summed E-state index contributed by atoms with van der Waals surface area (Å²) < 4.78 is 12.8. The molecule has 4 nitrogen and oxygen atoms in total. The van der Waals surface area contributed by atoms with Gasteiger partial charge in [0, 0.05) is 25.7 Å². The smallest absolute Gasteiger partial charge is 0.234 e. The molecule has 1 heterocycles. The van der Waals surface area contributed by atoms with Gasteiger partial charge in [0.25, 0.3) is 0 Å². The van der Waals surface area contributed by atoms with Crippen molar-refractivity contribution in [3.8, 4) is 0 Å². The lowest BCUT2D eigenvalue weighted by Crippen LogP contribution is -2.54. The highest BCUT2D eigenvalue weighted by atomic mass is 35.5. The molecule has 0 aliphatic carbocycles. The first-order chi connectivity index (χ1) is 10.4. The lowest BCUT2D eigenvalue weighted by molar-refractivity contribution is -0.123. The highest BCUT2D eigenvalue weighted by Crippen LogP contribution is 2.27. The van der Waals surface area contributed by atoms with E-state index in [2.05, 4.69) is 24.1 Å². The molecular weight excluding hydrogens is 317 g/mol. The molecule has 1 saturated heterocycles. The molecule has 1 aromatic rings. The van der Waals surface area contributed by atoms with Gasteiger partial charge in [-0.3, -0.25) is 9.69 Å². The number of benzene rings is 1. The van der Waals surface area contributed by atoms with Crippen molar-refractivity contribution in [1.82, 2.24) is 10.2 Å². The largest absolute Gasteiger partial charge is 0.355 e. The van der Waals surface area contributed by atoms with Crippen molar-refractivity contribution in [1.29, 1.82) is 0 Å². The zero-order valence-electron chi connectivity index (χ0n) is 13.8. The van der Waals surface area contributed by atoms with Gasteiger partial charge in [0.15, 0.2) is 0 Å². The van der Waals surface area contributed by atoms with Crippen LogP contribution in [0.25, 0.3) is 0 Å². The predicted molar refractivity (Wildman–Crippen MR) is 93.2 cm³/mol. The Labute approximate surface area is 144 Å². The summed E-state index contributed by atoms with van der Waals surface area (Å²) >= 11 is 0. The highest BCUT2D eigenvalue weighted by Gasteiger charge is 2.33. The quantitative estimate of drug-likeness (QED) is 0.859. The molecule has 3 N–H and O–H groups in total. The SMILES string of the molecule is CC1(C)CN(CC(=O)NCCc2ccc(F)cc2)CCC1N.Cl. The van der Waals surface area contributed by atoms with Gasteiger partial charge >= 0.3 is 0 Å². The number of piperidine rings is 1. The second-order valence-electron chi connectivity index (χ2n) is 6.82. The molecule has 1 unspecified atom stereocenters. The number of amides is 1. The second kappa shape index (κ2) is 8.62. The summed E-state index contributed by atoms with van der Waals surface area (Å²) in [6.07, 6.45) is 1.64. The molecule has 0 saturated carbocycles. The van der Waals surface area contributed by atoms with Crippen molar-refractivity contribution < 1.29 is 9.18 Å². The molecule has 0 bridgehead atoms. The fourth-order valence-corrected chi connectivity index (χ4v) is 2.88. The number of nitrogens with one attached hydrogen (secondary N) is 1. The second-order valence-corrected chi connectivity index (χ2v) is 6.82. The maximum Gasteiger partial charge on any atom is 0.234 e. The summed E-state index contributed by atoms with van der Waals surface area (Å²) in [5, 5.41) is 2.93. The standard InChI is InChI=1S/C17H26FN3O.ClH/c1-17(2)12-21(10-8-15(17)19)11-16(22)20-9-7-13-3-5-14(18)6-4-13;/h3-6,15H,7-12,19H2,1-2H3,(H,20,22);1H. The van der Waals surface area contributed by atoms with Crippen LogP contribution in [0.1, 0.15) is 25.8 Å². The van der Waals surface area contributed by atoms with E-state index in [0.29, 0.717) is 19.5 Å². The topological polar surface area (TPSA) is 58.4 Å². The average molecular weight is 344 g/mol. The van der Waals surface area contributed by atoms with E-state index in [1.807, 2.05) is 0 Å². The van der Waals surface area contributed by atoms with Crippen molar-refractivity contribution in [3.05, 3.63) is 35.6 Å². The molecule has 0 aromatic heterocycles. The van der Waals surface area contributed by atoms with Crippen molar-refractivity contribution in [2.45, 2.75) is 32.7 Å². The molecule has 1 aliphatic heterocycles. The minimum absolute atomic E-state index is 0. The number of hydrogen-bond donors (Lipinski definition) is 2.